The molecule has 0 heterocycles. The van der Waals surface area contributed by atoms with Gasteiger partial charge in [0.25, 0.3) is 0 Å². The van der Waals surface area contributed by atoms with Crippen LogP contribution in [-0.2, 0) is 4.79 Å². The van der Waals surface area contributed by atoms with Gasteiger partial charge in [-0.15, -0.1) is 0 Å². The molecule has 0 aromatic carbocycles. The molecule has 0 unspecified atom stereocenters. The van der Waals surface area contributed by atoms with Gasteiger partial charge in [-0.3, -0.25) is 4.79 Å². The van der Waals surface area contributed by atoms with Crippen LogP contribution in [-0.4, -0.2) is 50.4 Å². The summed E-state index contributed by atoms with van der Waals surface area (Å²) in [6.45, 7) is 0.730. The molecule has 0 aliphatic carbocycles. The van der Waals surface area contributed by atoms with Gasteiger partial charge in [-0.1, -0.05) is 0 Å². The first-order chi connectivity index (χ1) is 6.05. The van der Waals surface area contributed by atoms with Crippen molar-refractivity contribution in [1.29, 1.82) is 0 Å². The molecule has 14 heavy (non-hydrogen) atoms. The Morgan fingerprint density at radius 1 is 1.29 bits per heavy atom. The van der Waals surface area contributed by atoms with E-state index in [1.165, 1.54) is 0 Å². The molecule has 0 amide bonds. The molecule has 0 saturated carbocycles. The monoisotopic (exact) mass is 218 g/mol. The fourth-order valence-corrected chi connectivity index (χ4v) is 0.653. The number of hydrogen-bond donors (Lipinski definition) is 4. The second-order valence-electron chi connectivity index (χ2n) is 2.75. The van der Waals surface area contributed by atoms with Gasteiger partial charge in [0, 0.05) is 0 Å². The van der Waals surface area contributed by atoms with Crippen molar-refractivity contribution in [2.75, 3.05) is 0 Å². The molecule has 0 spiro atoms. The number of aliphatic hydroxyl groups is 4. The molecule has 0 bridgehead atoms. The fourth-order valence-electron chi connectivity index (χ4n) is 0.653. The van der Waals surface area contributed by atoms with E-state index in [-0.39, 0.29) is 0 Å². The highest BCUT2D eigenvalue weighted by molar-refractivity contribution is 5.77. The van der Waals surface area contributed by atoms with Crippen LogP contribution >= 0.6 is 0 Å². The molecule has 0 aromatic heterocycles. The average molecular weight is 218 g/mol. The molecule has 0 radical (unpaired) electrons. The van der Waals surface area contributed by atoms with Crippen LogP contribution in [0.25, 0.3) is 0 Å². The Morgan fingerprint density at radius 3 is 1.86 bits per heavy atom. The number of carbonyl (C=O) groups is 1. The van der Waals surface area contributed by atoms with E-state index >= 15 is 0 Å². The predicted octanol–water partition coefficient (Wildman–Crippen LogP) is -1.46. The van der Waals surface area contributed by atoms with E-state index in [1.54, 1.807) is 0 Å². The summed E-state index contributed by atoms with van der Waals surface area (Å²) in [6.07, 6.45) is -4.90. The molecule has 0 aliphatic rings. The van der Waals surface area contributed by atoms with Crippen LogP contribution in [0.5, 0.6) is 0 Å². The van der Waals surface area contributed by atoms with Crippen LogP contribution in [0.15, 0.2) is 0 Å². The van der Waals surface area contributed by atoms with Crippen LogP contribution in [0, 0.1) is 0 Å². The summed E-state index contributed by atoms with van der Waals surface area (Å²) in [5.41, 5.74) is 0. The van der Waals surface area contributed by atoms with Crippen molar-refractivity contribution < 1.29 is 38.4 Å². The maximum absolute atomic E-state index is 12.8. The van der Waals surface area contributed by atoms with Gasteiger partial charge >= 0.3 is 17.7 Å². The van der Waals surface area contributed by atoms with Gasteiger partial charge in [-0.25, -0.2) is 4.39 Å². The molecular weight excluding hydrogens is 209 g/mol. The third-order valence-electron chi connectivity index (χ3n) is 1.57. The topological polar surface area (TPSA) is 98.0 Å². The van der Waals surface area contributed by atoms with Crippen molar-refractivity contribution in [2.45, 2.75) is 30.8 Å². The average Bonchev–Trinajstić information content (AvgIpc) is 2.01. The quantitative estimate of drug-likeness (QED) is 0.432. The second kappa shape index (κ2) is 3.81. The van der Waals surface area contributed by atoms with Crippen molar-refractivity contribution in [3.8, 4) is 0 Å². The molecule has 5 nitrogen and oxygen atoms in total. The number of halogens is 3. The molecule has 0 aromatic rings. The van der Waals surface area contributed by atoms with E-state index < -0.39 is 30.0 Å². The molecule has 0 saturated heterocycles. The largest absolute Gasteiger partial charge is 0.390 e. The van der Waals surface area contributed by atoms with E-state index in [4.69, 9.17) is 20.4 Å². The molecule has 0 fully saturated rings. The van der Waals surface area contributed by atoms with E-state index in [9.17, 15) is 18.0 Å². The Kier molecular flexibility index (Phi) is 3.62. The Hall–Kier alpha value is -0.700. The van der Waals surface area contributed by atoms with E-state index in [0.717, 1.165) is 6.92 Å². The molecule has 4 atom stereocenters. The molecular formula is C6H9F3O5. The Bertz CT molecular complexity index is 228. The Morgan fingerprint density at radius 2 is 1.64 bits per heavy atom. The maximum Gasteiger partial charge on any atom is 0.371 e. The third kappa shape index (κ3) is 2.03. The number of rotatable bonds is 4. The van der Waals surface area contributed by atoms with Crippen LogP contribution in [0.1, 0.15) is 6.92 Å². The minimum atomic E-state index is -4.93. The Labute approximate surface area is 76.4 Å². The summed E-state index contributed by atoms with van der Waals surface area (Å²) in [5, 5.41) is 33.9. The highest BCUT2D eigenvalue weighted by Crippen LogP contribution is 2.32. The lowest BCUT2D eigenvalue weighted by molar-refractivity contribution is -0.320. The summed E-state index contributed by atoms with van der Waals surface area (Å²) >= 11 is 0. The first-order valence-corrected chi connectivity index (χ1v) is 3.43. The van der Waals surface area contributed by atoms with Gasteiger partial charge in [-0.2, -0.15) is 8.78 Å². The lowest BCUT2D eigenvalue weighted by atomic mass is 10.00. The molecule has 0 rings (SSSR count). The van der Waals surface area contributed by atoms with Gasteiger partial charge in [-0.05, 0) is 6.92 Å². The zero-order valence-corrected chi connectivity index (χ0v) is 6.99. The van der Waals surface area contributed by atoms with Gasteiger partial charge in [0.2, 0.25) is 0 Å². The summed E-state index contributed by atoms with van der Waals surface area (Å²) < 4.78 is 37.1. The lowest BCUT2D eigenvalue weighted by Gasteiger charge is -2.32. The zero-order chi connectivity index (χ0) is 11.7. The maximum atomic E-state index is 12.8. The Balaban J connectivity index is 5.03. The van der Waals surface area contributed by atoms with E-state index in [0.29, 0.717) is 0 Å². The van der Waals surface area contributed by atoms with Gasteiger partial charge in [0.15, 0.2) is 0 Å². The van der Waals surface area contributed by atoms with E-state index in [1.807, 2.05) is 0 Å². The van der Waals surface area contributed by atoms with Gasteiger partial charge in [0.05, 0.1) is 6.10 Å². The summed E-state index contributed by atoms with van der Waals surface area (Å²) in [7, 11) is 0. The van der Waals surface area contributed by atoms with Gasteiger partial charge < -0.3 is 20.4 Å². The second-order valence-corrected chi connectivity index (χ2v) is 2.75. The minimum absolute atomic E-state index is 0.730. The van der Waals surface area contributed by atoms with Crippen LogP contribution in [0.3, 0.4) is 0 Å². The van der Waals surface area contributed by atoms with Crippen molar-refractivity contribution in [1.82, 2.24) is 0 Å². The summed E-state index contributed by atoms with van der Waals surface area (Å²) in [6, 6.07) is -3.22. The summed E-state index contributed by atoms with van der Waals surface area (Å²) in [5.74, 6) is -9.56. The molecule has 0 aliphatic heterocycles. The van der Waals surface area contributed by atoms with Crippen molar-refractivity contribution >= 4 is 6.04 Å². The van der Waals surface area contributed by atoms with Crippen LogP contribution in [0.4, 0.5) is 13.2 Å². The number of alkyl halides is 2. The number of hydrogen-bond acceptors (Lipinski definition) is 5. The van der Waals surface area contributed by atoms with Gasteiger partial charge in [0.1, 0.15) is 6.10 Å². The van der Waals surface area contributed by atoms with Crippen molar-refractivity contribution in [3.05, 3.63) is 0 Å². The summed E-state index contributed by atoms with van der Waals surface area (Å²) in [4.78, 5) is 9.75. The van der Waals surface area contributed by atoms with Crippen LogP contribution < -0.4 is 0 Å². The molecule has 8 heteroatoms. The smallest absolute Gasteiger partial charge is 0.371 e. The van der Waals surface area contributed by atoms with Crippen LogP contribution in [0.2, 0.25) is 0 Å². The molecule has 84 valence electrons. The van der Waals surface area contributed by atoms with Crippen molar-refractivity contribution in [3.63, 3.8) is 0 Å². The first-order valence-electron chi connectivity index (χ1n) is 3.43. The predicted molar refractivity (Wildman–Crippen MR) is 35.9 cm³/mol. The molecule has 4 N–H and O–H groups in total. The normalized spacial score (nSPS) is 24.6. The highest BCUT2D eigenvalue weighted by atomic mass is 19.2. The first kappa shape index (κ1) is 13.3. The minimum Gasteiger partial charge on any atom is -0.390 e. The standard InChI is InChI=1S/C6H9F3O5/c1-2(10)3(11)5(8,13)6(9,14)4(7)12/h2-3,10-11,13-14H,1H3/t2-,3+,5+,6+/m1/s1. The lowest BCUT2D eigenvalue weighted by Crippen LogP contribution is -2.61. The van der Waals surface area contributed by atoms with E-state index in [2.05, 4.69) is 0 Å². The third-order valence-corrected chi connectivity index (χ3v) is 1.57. The zero-order valence-electron chi connectivity index (χ0n) is 6.99. The van der Waals surface area contributed by atoms with Crippen molar-refractivity contribution in [2.24, 2.45) is 0 Å². The highest BCUT2D eigenvalue weighted by Gasteiger charge is 2.63. The SMILES string of the molecule is C[C@@H](O)[C@H](O)[C@@](O)(F)[C@](O)(F)C(=O)F. The number of aliphatic hydroxyl groups excluding tert-OH is 2. The number of carbonyl (C=O) groups excluding carboxylic acids is 1. The fraction of sp³-hybridized carbons (Fsp3) is 0.833.